The third kappa shape index (κ3) is 3.72. The molecule has 0 radical (unpaired) electrons. The molecule has 1 aromatic carbocycles. The van der Waals surface area contributed by atoms with Crippen LogP contribution in [0.2, 0.25) is 0 Å². The standard InChI is InChI=1S/C18H17N7OS/c1-12(13-4-2-5-14(10-13)25-8-3-6-21-25)22-18(26)23-15-11-20-24-16(15)17-19-7-9-27-17/h2-12H,1H3,(H,20,24)(H2,22,23,26). The van der Waals surface area contributed by atoms with Gasteiger partial charge in [-0.15, -0.1) is 11.3 Å². The van der Waals surface area contributed by atoms with E-state index in [-0.39, 0.29) is 12.1 Å². The van der Waals surface area contributed by atoms with Gasteiger partial charge in [-0.05, 0) is 30.7 Å². The number of rotatable bonds is 5. The number of aromatic amines is 1. The van der Waals surface area contributed by atoms with Crippen LogP contribution in [0.1, 0.15) is 18.5 Å². The largest absolute Gasteiger partial charge is 0.331 e. The van der Waals surface area contributed by atoms with Crippen molar-refractivity contribution < 1.29 is 4.79 Å². The molecule has 9 heteroatoms. The smallest absolute Gasteiger partial charge is 0.319 e. The molecule has 3 aromatic heterocycles. The number of aromatic nitrogens is 5. The van der Waals surface area contributed by atoms with Crippen molar-refractivity contribution in [1.82, 2.24) is 30.3 Å². The Hall–Kier alpha value is -3.46. The second kappa shape index (κ2) is 7.42. The van der Waals surface area contributed by atoms with E-state index in [0.29, 0.717) is 11.4 Å². The predicted molar refractivity (Wildman–Crippen MR) is 104 cm³/mol. The fourth-order valence-corrected chi connectivity index (χ4v) is 3.33. The molecule has 0 aliphatic heterocycles. The quantitative estimate of drug-likeness (QED) is 0.493. The Morgan fingerprint density at radius 2 is 2.22 bits per heavy atom. The summed E-state index contributed by atoms with van der Waals surface area (Å²) in [5.41, 5.74) is 3.19. The van der Waals surface area contributed by atoms with Gasteiger partial charge in [-0.3, -0.25) is 5.10 Å². The number of thiazole rings is 1. The summed E-state index contributed by atoms with van der Waals surface area (Å²) in [6.07, 6.45) is 6.88. The Kier molecular flexibility index (Phi) is 4.67. The summed E-state index contributed by atoms with van der Waals surface area (Å²) in [7, 11) is 0. The number of hydrogen-bond donors (Lipinski definition) is 3. The van der Waals surface area contributed by atoms with Gasteiger partial charge in [-0.25, -0.2) is 14.5 Å². The third-order valence-corrected chi connectivity index (χ3v) is 4.81. The summed E-state index contributed by atoms with van der Waals surface area (Å²) in [6, 6.07) is 9.25. The fourth-order valence-electron chi connectivity index (χ4n) is 2.69. The molecule has 0 saturated carbocycles. The Bertz CT molecular complexity index is 1020. The minimum Gasteiger partial charge on any atom is -0.331 e. The molecule has 1 unspecified atom stereocenters. The summed E-state index contributed by atoms with van der Waals surface area (Å²) in [5, 5.41) is 19.5. The van der Waals surface area contributed by atoms with E-state index in [1.165, 1.54) is 11.3 Å². The van der Waals surface area contributed by atoms with Crippen LogP contribution >= 0.6 is 11.3 Å². The summed E-state index contributed by atoms with van der Waals surface area (Å²) in [5.74, 6) is 0. The molecule has 0 saturated heterocycles. The SMILES string of the molecule is CC(NC(=O)Nc1cn[nH]c1-c1nccs1)c1cccc(-n2cccn2)c1. The van der Waals surface area contributed by atoms with Crippen LogP contribution in [0.4, 0.5) is 10.5 Å². The van der Waals surface area contributed by atoms with E-state index in [1.54, 1.807) is 23.3 Å². The number of anilines is 1. The second-order valence-corrected chi connectivity index (χ2v) is 6.76. The van der Waals surface area contributed by atoms with Gasteiger partial charge in [-0.2, -0.15) is 10.2 Å². The minimum absolute atomic E-state index is 0.185. The lowest BCUT2D eigenvalue weighted by molar-refractivity contribution is 0.249. The molecular formula is C18H17N7OS. The van der Waals surface area contributed by atoms with Crippen LogP contribution in [-0.4, -0.2) is 31.0 Å². The van der Waals surface area contributed by atoms with E-state index in [9.17, 15) is 4.79 Å². The van der Waals surface area contributed by atoms with E-state index in [0.717, 1.165) is 16.3 Å². The Labute approximate surface area is 159 Å². The minimum atomic E-state index is -0.314. The number of carbonyl (C=O) groups excluding carboxylic acids is 1. The first-order valence-electron chi connectivity index (χ1n) is 8.31. The molecule has 0 spiro atoms. The highest BCUT2D eigenvalue weighted by molar-refractivity contribution is 7.13. The zero-order chi connectivity index (χ0) is 18.6. The van der Waals surface area contributed by atoms with Crippen molar-refractivity contribution in [3.05, 3.63) is 66.1 Å². The Morgan fingerprint density at radius 3 is 3.00 bits per heavy atom. The summed E-state index contributed by atoms with van der Waals surface area (Å²) in [4.78, 5) is 16.7. The maximum atomic E-state index is 12.4. The topological polar surface area (TPSA) is 101 Å². The van der Waals surface area contributed by atoms with E-state index in [1.807, 2.05) is 48.8 Å². The van der Waals surface area contributed by atoms with Crippen molar-refractivity contribution in [3.8, 4) is 16.4 Å². The van der Waals surface area contributed by atoms with Crippen LogP contribution < -0.4 is 10.6 Å². The summed E-state index contributed by atoms with van der Waals surface area (Å²) >= 11 is 1.47. The molecule has 0 bridgehead atoms. The monoisotopic (exact) mass is 379 g/mol. The molecule has 3 heterocycles. The molecule has 3 N–H and O–H groups in total. The number of hydrogen-bond acceptors (Lipinski definition) is 5. The zero-order valence-electron chi connectivity index (χ0n) is 14.5. The van der Waals surface area contributed by atoms with E-state index in [4.69, 9.17) is 0 Å². The average molecular weight is 379 g/mol. The number of H-pyrrole nitrogens is 1. The Balaban J connectivity index is 1.45. The highest BCUT2D eigenvalue weighted by Gasteiger charge is 2.15. The molecule has 4 rings (SSSR count). The maximum Gasteiger partial charge on any atom is 0.319 e. The number of carbonyl (C=O) groups is 1. The lowest BCUT2D eigenvalue weighted by atomic mass is 10.1. The highest BCUT2D eigenvalue weighted by Crippen LogP contribution is 2.27. The molecule has 136 valence electrons. The summed E-state index contributed by atoms with van der Waals surface area (Å²) in [6.45, 7) is 1.93. The molecule has 8 nitrogen and oxygen atoms in total. The van der Waals surface area contributed by atoms with Crippen molar-refractivity contribution >= 4 is 23.1 Å². The molecule has 0 aliphatic carbocycles. The van der Waals surface area contributed by atoms with Gasteiger partial charge in [0.2, 0.25) is 0 Å². The predicted octanol–water partition coefficient (Wildman–Crippen LogP) is 3.60. The van der Waals surface area contributed by atoms with Gasteiger partial charge in [0.25, 0.3) is 0 Å². The van der Waals surface area contributed by atoms with Crippen LogP contribution in [0.25, 0.3) is 16.4 Å². The van der Waals surface area contributed by atoms with Crippen LogP contribution in [-0.2, 0) is 0 Å². The van der Waals surface area contributed by atoms with Crippen molar-refractivity contribution in [2.24, 2.45) is 0 Å². The Morgan fingerprint density at radius 1 is 1.30 bits per heavy atom. The first-order chi connectivity index (χ1) is 13.2. The normalized spacial score (nSPS) is 11.9. The van der Waals surface area contributed by atoms with Crippen molar-refractivity contribution in [3.63, 3.8) is 0 Å². The van der Waals surface area contributed by atoms with Crippen molar-refractivity contribution in [2.75, 3.05) is 5.32 Å². The third-order valence-electron chi connectivity index (χ3n) is 4.02. The number of amides is 2. The second-order valence-electron chi connectivity index (χ2n) is 5.86. The van der Waals surface area contributed by atoms with Crippen LogP contribution in [0.5, 0.6) is 0 Å². The van der Waals surface area contributed by atoms with Gasteiger partial charge >= 0.3 is 6.03 Å². The number of urea groups is 1. The lowest BCUT2D eigenvalue weighted by Crippen LogP contribution is -2.31. The highest BCUT2D eigenvalue weighted by atomic mass is 32.1. The first-order valence-corrected chi connectivity index (χ1v) is 9.19. The zero-order valence-corrected chi connectivity index (χ0v) is 15.3. The van der Waals surface area contributed by atoms with Crippen molar-refractivity contribution in [2.45, 2.75) is 13.0 Å². The van der Waals surface area contributed by atoms with Gasteiger partial charge in [-0.1, -0.05) is 12.1 Å². The van der Waals surface area contributed by atoms with E-state index in [2.05, 4.69) is 30.9 Å². The van der Waals surface area contributed by atoms with Gasteiger partial charge in [0.1, 0.15) is 10.7 Å². The van der Waals surface area contributed by atoms with Gasteiger partial charge in [0.15, 0.2) is 0 Å². The molecular weight excluding hydrogens is 362 g/mol. The van der Waals surface area contributed by atoms with Gasteiger partial charge in [0.05, 0.1) is 23.6 Å². The first kappa shape index (κ1) is 17.0. The number of nitrogens with zero attached hydrogens (tertiary/aromatic N) is 4. The molecule has 1 atom stereocenters. The van der Waals surface area contributed by atoms with Crippen LogP contribution in [0.15, 0.2) is 60.5 Å². The van der Waals surface area contributed by atoms with E-state index >= 15 is 0 Å². The molecule has 0 aliphatic rings. The fraction of sp³-hybridized carbons (Fsp3) is 0.111. The van der Waals surface area contributed by atoms with Crippen molar-refractivity contribution in [1.29, 1.82) is 0 Å². The maximum absolute atomic E-state index is 12.4. The number of nitrogens with one attached hydrogen (secondary N) is 3. The van der Waals surface area contributed by atoms with E-state index < -0.39 is 0 Å². The molecule has 2 amide bonds. The summed E-state index contributed by atoms with van der Waals surface area (Å²) < 4.78 is 1.78. The van der Waals surface area contributed by atoms with Gasteiger partial charge in [0, 0.05) is 24.0 Å². The molecule has 27 heavy (non-hydrogen) atoms. The molecule has 0 fully saturated rings. The lowest BCUT2D eigenvalue weighted by Gasteiger charge is -2.16. The van der Waals surface area contributed by atoms with Crippen LogP contribution in [0, 0.1) is 0 Å². The molecule has 4 aromatic rings. The van der Waals surface area contributed by atoms with Crippen LogP contribution in [0.3, 0.4) is 0 Å². The average Bonchev–Trinajstić information content (AvgIpc) is 3.43. The van der Waals surface area contributed by atoms with Gasteiger partial charge < -0.3 is 10.6 Å². The number of benzene rings is 1.